The third kappa shape index (κ3) is 6.68. The van der Waals surface area contributed by atoms with Crippen LogP contribution in [0.5, 0.6) is 0 Å². The van der Waals surface area contributed by atoms with Crippen molar-refractivity contribution in [2.24, 2.45) is 0 Å². The van der Waals surface area contributed by atoms with Gasteiger partial charge in [0, 0.05) is 32.7 Å². The van der Waals surface area contributed by atoms with Gasteiger partial charge in [-0.1, -0.05) is 121 Å². The molecule has 0 aliphatic rings. The number of pyridine rings is 5. The molecule has 68 heavy (non-hydrogen) atoms. The molecule has 0 fully saturated rings. The lowest BCUT2D eigenvalue weighted by atomic mass is 9.95. The molecule has 0 aliphatic heterocycles. The van der Waals surface area contributed by atoms with Gasteiger partial charge in [-0.05, 0) is 157 Å². The molecule has 14 rings (SSSR count). The van der Waals surface area contributed by atoms with Crippen molar-refractivity contribution in [3.63, 3.8) is 0 Å². The van der Waals surface area contributed by atoms with E-state index >= 15 is 0 Å². The fourth-order valence-electron chi connectivity index (χ4n) is 9.90. The molecule has 0 bridgehead atoms. The van der Waals surface area contributed by atoms with Crippen molar-refractivity contribution in [3.05, 3.63) is 224 Å². The summed E-state index contributed by atoms with van der Waals surface area (Å²) in [6.45, 7) is 0. The third-order valence-corrected chi connectivity index (χ3v) is 13.4. The van der Waals surface area contributed by atoms with E-state index in [0.29, 0.717) is 0 Å². The SMILES string of the molecule is c1ccc2cc3nc(-c4cc(-c5cc(-c6ccc7cc8ccccc8cc7n6)nc(-c6ccc7cc8ccccc8cc7n6)c5)cc(-c5ccc6cc7ccccc7cc6n5)c4)ccc3cc2c1. The first-order valence-corrected chi connectivity index (χ1v) is 22.9. The monoisotopic (exact) mass is 863 g/mol. The van der Waals surface area contributed by atoms with E-state index in [2.05, 4.69) is 224 Å². The van der Waals surface area contributed by atoms with E-state index < -0.39 is 0 Å². The van der Waals surface area contributed by atoms with Crippen LogP contribution >= 0.6 is 0 Å². The molecular formula is C63H37N5. The zero-order valence-electron chi connectivity index (χ0n) is 36.6. The Hall–Kier alpha value is -9.19. The van der Waals surface area contributed by atoms with Crippen molar-refractivity contribution in [1.82, 2.24) is 24.9 Å². The summed E-state index contributed by atoms with van der Waals surface area (Å²) in [5.74, 6) is 0. The van der Waals surface area contributed by atoms with E-state index in [9.17, 15) is 0 Å². The van der Waals surface area contributed by atoms with Crippen LogP contribution in [-0.2, 0) is 0 Å². The molecular weight excluding hydrogens is 827 g/mol. The van der Waals surface area contributed by atoms with Crippen LogP contribution in [0.3, 0.4) is 0 Å². The average Bonchev–Trinajstić information content (AvgIpc) is 3.39. The lowest BCUT2D eigenvalue weighted by Crippen LogP contribution is -1.96. The maximum Gasteiger partial charge on any atom is 0.0900 e. The molecule has 0 amide bonds. The molecule has 314 valence electrons. The first kappa shape index (κ1) is 38.1. The highest BCUT2D eigenvalue weighted by Gasteiger charge is 2.17. The van der Waals surface area contributed by atoms with Crippen molar-refractivity contribution in [3.8, 4) is 56.4 Å². The first-order valence-electron chi connectivity index (χ1n) is 22.9. The predicted molar refractivity (Wildman–Crippen MR) is 283 cm³/mol. The zero-order chi connectivity index (χ0) is 44.7. The molecule has 0 unspecified atom stereocenters. The second-order valence-electron chi connectivity index (χ2n) is 17.8. The summed E-state index contributed by atoms with van der Waals surface area (Å²) in [5.41, 5.74) is 12.5. The van der Waals surface area contributed by atoms with Crippen LogP contribution in [0, 0.1) is 0 Å². The molecule has 5 aromatic heterocycles. The predicted octanol–water partition coefficient (Wildman–Crippen LogP) is 16.2. The van der Waals surface area contributed by atoms with Gasteiger partial charge in [0.05, 0.1) is 56.2 Å². The number of benzene rings is 9. The zero-order valence-corrected chi connectivity index (χ0v) is 36.6. The Labute approximate surface area is 390 Å². The minimum Gasteiger partial charge on any atom is -0.248 e. The summed E-state index contributed by atoms with van der Waals surface area (Å²) in [5, 5.41) is 13.7. The summed E-state index contributed by atoms with van der Waals surface area (Å²) in [6.07, 6.45) is 0. The molecule has 0 saturated carbocycles. The molecule has 0 N–H and O–H groups in total. The van der Waals surface area contributed by atoms with E-state index in [-0.39, 0.29) is 0 Å². The summed E-state index contributed by atoms with van der Waals surface area (Å²) in [6, 6.07) is 79.5. The molecule has 14 aromatic rings. The molecule has 0 aliphatic carbocycles. The quantitative estimate of drug-likeness (QED) is 0.161. The fraction of sp³-hybridized carbons (Fsp3) is 0. The normalized spacial score (nSPS) is 11.8. The Kier molecular flexibility index (Phi) is 8.52. The van der Waals surface area contributed by atoms with E-state index in [4.69, 9.17) is 24.9 Å². The minimum absolute atomic E-state index is 0.756. The van der Waals surface area contributed by atoms with Crippen LogP contribution in [-0.4, -0.2) is 24.9 Å². The Morgan fingerprint density at radius 2 is 0.426 bits per heavy atom. The van der Waals surface area contributed by atoms with Crippen molar-refractivity contribution in [2.75, 3.05) is 0 Å². The van der Waals surface area contributed by atoms with E-state index in [1.165, 1.54) is 21.5 Å². The summed E-state index contributed by atoms with van der Waals surface area (Å²) in [7, 11) is 0. The number of hydrogen-bond donors (Lipinski definition) is 0. The van der Waals surface area contributed by atoms with E-state index in [1.54, 1.807) is 0 Å². The lowest BCUT2D eigenvalue weighted by molar-refractivity contribution is 1.25. The molecule has 0 spiro atoms. The number of rotatable bonds is 5. The van der Waals surface area contributed by atoms with Gasteiger partial charge < -0.3 is 0 Å². The van der Waals surface area contributed by atoms with Gasteiger partial charge >= 0.3 is 0 Å². The Morgan fingerprint density at radius 3 is 0.765 bits per heavy atom. The third-order valence-electron chi connectivity index (χ3n) is 13.4. The number of nitrogens with zero attached hydrogens (tertiary/aromatic N) is 5. The maximum absolute atomic E-state index is 5.37. The highest BCUT2D eigenvalue weighted by Crippen LogP contribution is 2.38. The maximum atomic E-state index is 5.37. The van der Waals surface area contributed by atoms with Gasteiger partial charge in [-0.15, -0.1) is 0 Å². The van der Waals surface area contributed by atoms with Gasteiger partial charge in [-0.2, -0.15) is 0 Å². The first-order chi connectivity index (χ1) is 33.6. The Morgan fingerprint density at radius 1 is 0.162 bits per heavy atom. The molecule has 0 atom stereocenters. The lowest BCUT2D eigenvalue weighted by Gasteiger charge is -2.14. The number of fused-ring (bicyclic) bond motifs is 8. The van der Waals surface area contributed by atoms with Crippen LogP contribution in [0.25, 0.3) is 143 Å². The van der Waals surface area contributed by atoms with E-state index in [1.807, 2.05) is 0 Å². The smallest absolute Gasteiger partial charge is 0.0900 e. The van der Waals surface area contributed by atoms with Crippen molar-refractivity contribution < 1.29 is 0 Å². The van der Waals surface area contributed by atoms with Crippen molar-refractivity contribution in [2.45, 2.75) is 0 Å². The molecule has 5 heteroatoms. The number of hydrogen-bond acceptors (Lipinski definition) is 5. The van der Waals surface area contributed by atoms with Gasteiger partial charge in [0.15, 0.2) is 0 Å². The highest BCUT2D eigenvalue weighted by atomic mass is 14.8. The molecule has 5 nitrogen and oxygen atoms in total. The average molecular weight is 864 g/mol. The standard InChI is InChI=1S/C63H37N5/c1-5-13-42-32-58-46(25-38(42)9-1)17-21-54(64-58)52-29-50(30-53(31-52)55-22-18-47-26-39-10-2-6-14-43(39)33-59(47)65-55)51-36-62(56-23-19-48-27-40-11-3-7-15-44(40)34-60(48)66-56)68-63(37-51)57-24-20-49-28-41-12-4-8-16-45(41)35-61(49)67-57/h1-37H. The fourth-order valence-corrected chi connectivity index (χ4v) is 9.90. The van der Waals surface area contributed by atoms with Crippen LogP contribution in [0.1, 0.15) is 0 Å². The topological polar surface area (TPSA) is 64.5 Å². The summed E-state index contributed by atoms with van der Waals surface area (Å²) < 4.78 is 0. The molecule has 0 saturated heterocycles. The number of aromatic nitrogens is 5. The van der Waals surface area contributed by atoms with E-state index in [0.717, 1.165) is 122 Å². The van der Waals surface area contributed by atoms with Gasteiger partial charge in [0.25, 0.3) is 0 Å². The Bertz CT molecular complexity index is 3850. The van der Waals surface area contributed by atoms with Crippen molar-refractivity contribution in [1.29, 1.82) is 0 Å². The van der Waals surface area contributed by atoms with Crippen LogP contribution in [0.15, 0.2) is 224 Å². The summed E-state index contributed by atoms with van der Waals surface area (Å²) in [4.78, 5) is 26.6. The molecule has 5 heterocycles. The van der Waals surface area contributed by atoms with Crippen LogP contribution < -0.4 is 0 Å². The largest absolute Gasteiger partial charge is 0.248 e. The highest BCUT2D eigenvalue weighted by molar-refractivity contribution is 6.01. The molecule has 9 aromatic carbocycles. The van der Waals surface area contributed by atoms with Gasteiger partial charge in [-0.25, -0.2) is 24.9 Å². The van der Waals surface area contributed by atoms with Crippen LogP contribution in [0.2, 0.25) is 0 Å². The summed E-state index contributed by atoms with van der Waals surface area (Å²) >= 11 is 0. The Balaban J connectivity index is 0.989. The van der Waals surface area contributed by atoms with Gasteiger partial charge in [0.1, 0.15) is 0 Å². The van der Waals surface area contributed by atoms with Crippen LogP contribution in [0.4, 0.5) is 0 Å². The minimum atomic E-state index is 0.756. The van der Waals surface area contributed by atoms with Gasteiger partial charge in [0.2, 0.25) is 0 Å². The second kappa shape index (κ2) is 15.2. The van der Waals surface area contributed by atoms with Crippen molar-refractivity contribution >= 4 is 86.7 Å². The van der Waals surface area contributed by atoms with Gasteiger partial charge in [-0.3, -0.25) is 0 Å². The second-order valence-corrected chi connectivity index (χ2v) is 17.8. The molecule has 0 radical (unpaired) electrons.